The lowest BCUT2D eigenvalue weighted by molar-refractivity contribution is 0.363. The van der Waals surface area contributed by atoms with Crippen molar-refractivity contribution in [1.82, 2.24) is 0 Å². The first-order valence-electron chi connectivity index (χ1n) is 8.33. The van der Waals surface area contributed by atoms with Crippen molar-refractivity contribution in [3.8, 4) is 17.2 Å². The maximum absolute atomic E-state index is 6.24. The molecule has 0 aromatic heterocycles. The number of rotatable bonds is 8. The van der Waals surface area contributed by atoms with Gasteiger partial charge in [0.05, 0.1) is 5.02 Å². The zero-order valence-electron chi connectivity index (χ0n) is 14.3. The first kappa shape index (κ1) is 17.9. The molecule has 0 bridgehead atoms. The fraction of sp³-hybridized carbons (Fsp3) is 0.0909. The van der Waals surface area contributed by atoms with Gasteiger partial charge in [0.25, 0.3) is 0 Å². The minimum Gasteiger partial charge on any atom is -0.488 e. The van der Waals surface area contributed by atoms with Crippen molar-refractivity contribution >= 4 is 17.3 Å². The summed E-state index contributed by atoms with van der Waals surface area (Å²) < 4.78 is 11.3. The van der Waals surface area contributed by atoms with E-state index in [1.165, 1.54) is 0 Å². The Morgan fingerprint density at radius 3 is 2.35 bits per heavy atom. The predicted octanol–water partition coefficient (Wildman–Crippen LogP) is 6.31. The van der Waals surface area contributed by atoms with Gasteiger partial charge >= 0.3 is 0 Å². The zero-order valence-corrected chi connectivity index (χ0v) is 15.1. The highest BCUT2D eigenvalue weighted by Crippen LogP contribution is 2.26. The molecule has 0 fully saturated rings. The minimum absolute atomic E-state index is 0.439. The summed E-state index contributed by atoms with van der Waals surface area (Å²) in [4.78, 5) is 0. The molecule has 3 aromatic carbocycles. The summed E-state index contributed by atoms with van der Waals surface area (Å²) in [6.07, 6.45) is 1.69. The van der Waals surface area contributed by atoms with Gasteiger partial charge in [0.2, 0.25) is 0 Å². The first-order chi connectivity index (χ1) is 12.7. The van der Waals surface area contributed by atoms with E-state index >= 15 is 0 Å². The Morgan fingerprint density at radius 1 is 0.923 bits per heavy atom. The van der Waals surface area contributed by atoms with Gasteiger partial charge in [-0.25, -0.2) is 0 Å². The van der Waals surface area contributed by atoms with Gasteiger partial charge in [0.1, 0.15) is 23.9 Å². The quantitative estimate of drug-likeness (QED) is 0.474. The summed E-state index contributed by atoms with van der Waals surface area (Å²) >= 11 is 6.24. The molecule has 0 saturated carbocycles. The van der Waals surface area contributed by atoms with Gasteiger partial charge < -0.3 is 14.8 Å². The number of para-hydroxylation sites is 1. The van der Waals surface area contributed by atoms with Gasteiger partial charge in [0, 0.05) is 12.2 Å². The topological polar surface area (TPSA) is 30.5 Å². The smallest absolute Gasteiger partial charge is 0.138 e. The van der Waals surface area contributed by atoms with Crippen LogP contribution in [-0.4, -0.2) is 6.61 Å². The van der Waals surface area contributed by atoms with Crippen molar-refractivity contribution in [2.24, 2.45) is 0 Å². The monoisotopic (exact) mass is 365 g/mol. The fourth-order valence-electron chi connectivity index (χ4n) is 2.39. The van der Waals surface area contributed by atoms with Crippen LogP contribution in [0.25, 0.3) is 0 Å². The molecule has 4 heteroatoms. The Morgan fingerprint density at radius 2 is 1.65 bits per heavy atom. The van der Waals surface area contributed by atoms with Crippen LogP contribution in [0.4, 0.5) is 5.69 Å². The molecule has 0 atom stereocenters. The minimum atomic E-state index is 0.439. The molecule has 0 saturated heterocycles. The SMILES string of the molecule is C=CCOc1ccc(CNc2ccc(Oc3ccccc3)cc2)cc1Cl. The van der Waals surface area contributed by atoms with E-state index in [4.69, 9.17) is 21.1 Å². The number of halogens is 1. The second kappa shape index (κ2) is 8.97. The number of anilines is 1. The van der Waals surface area contributed by atoms with Crippen molar-refractivity contribution in [1.29, 1.82) is 0 Å². The molecule has 0 amide bonds. The van der Waals surface area contributed by atoms with Crippen molar-refractivity contribution in [2.75, 3.05) is 11.9 Å². The molecule has 1 N–H and O–H groups in total. The molecule has 0 unspecified atom stereocenters. The standard InChI is InChI=1S/C22H20ClNO2/c1-2-14-25-22-13-8-17(15-21(22)23)16-24-18-9-11-20(12-10-18)26-19-6-4-3-5-7-19/h2-13,15,24H,1,14,16H2. The van der Waals surface area contributed by atoms with Gasteiger partial charge in [-0.3, -0.25) is 0 Å². The van der Waals surface area contributed by atoms with E-state index in [-0.39, 0.29) is 0 Å². The molecule has 3 nitrogen and oxygen atoms in total. The summed E-state index contributed by atoms with van der Waals surface area (Å²) in [5.74, 6) is 2.29. The molecule has 0 aliphatic rings. The highest BCUT2D eigenvalue weighted by molar-refractivity contribution is 6.32. The molecule has 0 radical (unpaired) electrons. The molecule has 0 heterocycles. The molecule has 3 aromatic rings. The van der Waals surface area contributed by atoms with E-state index in [2.05, 4.69) is 11.9 Å². The van der Waals surface area contributed by atoms with E-state index in [9.17, 15) is 0 Å². The molecule has 0 aliphatic heterocycles. The predicted molar refractivity (Wildman–Crippen MR) is 107 cm³/mol. The van der Waals surface area contributed by atoms with Crippen LogP contribution >= 0.6 is 11.6 Å². The third kappa shape index (κ3) is 5.04. The van der Waals surface area contributed by atoms with Gasteiger partial charge in [-0.05, 0) is 54.1 Å². The summed E-state index contributed by atoms with van der Waals surface area (Å²) in [6.45, 7) is 4.73. The Balaban J connectivity index is 1.56. The number of hydrogen-bond donors (Lipinski definition) is 1. The maximum atomic E-state index is 6.24. The molecule has 26 heavy (non-hydrogen) atoms. The zero-order chi connectivity index (χ0) is 18.2. The van der Waals surface area contributed by atoms with Crippen molar-refractivity contribution in [2.45, 2.75) is 6.54 Å². The van der Waals surface area contributed by atoms with Gasteiger partial charge in [0.15, 0.2) is 0 Å². The van der Waals surface area contributed by atoms with Crippen LogP contribution in [0.5, 0.6) is 17.2 Å². The Hall–Kier alpha value is -2.91. The lowest BCUT2D eigenvalue weighted by Gasteiger charge is -2.11. The first-order valence-corrected chi connectivity index (χ1v) is 8.71. The Bertz CT molecular complexity index is 848. The second-order valence-corrected chi connectivity index (χ2v) is 6.06. The van der Waals surface area contributed by atoms with E-state index in [1.807, 2.05) is 72.8 Å². The van der Waals surface area contributed by atoms with E-state index < -0.39 is 0 Å². The molecule has 3 rings (SSSR count). The normalized spacial score (nSPS) is 10.2. The summed E-state index contributed by atoms with van der Waals surface area (Å²) in [7, 11) is 0. The highest BCUT2D eigenvalue weighted by Gasteiger charge is 2.03. The number of ether oxygens (including phenoxy) is 2. The summed E-state index contributed by atoms with van der Waals surface area (Å²) in [5.41, 5.74) is 2.08. The Kier molecular flexibility index (Phi) is 6.18. The average molecular weight is 366 g/mol. The number of hydrogen-bond acceptors (Lipinski definition) is 3. The lowest BCUT2D eigenvalue weighted by Crippen LogP contribution is -2.00. The maximum Gasteiger partial charge on any atom is 0.138 e. The molecular formula is C22H20ClNO2. The van der Waals surface area contributed by atoms with Crippen LogP contribution in [0.2, 0.25) is 5.02 Å². The number of benzene rings is 3. The van der Waals surface area contributed by atoms with Crippen LogP contribution < -0.4 is 14.8 Å². The van der Waals surface area contributed by atoms with Crippen LogP contribution in [0.15, 0.2) is 85.5 Å². The summed E-state index contributed by atoms with van der Waals surface area (Å²) in [6, 6.07) is 23.3. The second-order valence-electron chi connectivity index (χ2n) is 5.66. The van der Waals surface area contributed by atoms with Gasteiger partial charge in [-0.15, -0.1) is 0 Å². The number of nitrogens with one attached hydrogen (secondary N) is 1. The molecule has 0 aliphatic carbocycles. The van der Waals surface area contributed by atoms with Gasteiger partial charge in [-0.2, -0.15) is 0 Å². The highest BCUT2D eigenvalue weighted by atomic mass is 35.5. The van der Waals surface area contributed by atoms with Crippen LogP contribution in [0.1, 0.15) is 5.56 Å². The van der Waals surface area contributed by atoms with E-state index in [1.54, 1.807) is 6.08 Å². The lowest BCUT2D eigenvalue weighted by atomic mass is 10.2. The third-order valence-electron chi connectivity index (χ3n) is 3.68. The molecule has 0 spiro atoms. The average Bonchev–Trinajstić information content (AvgIpc) is 2.67. The van der Waals surface area contributed by atoms with E-state index in [0.29, 0.717) is 23.9 Å². The van der Waals surface area contributed by atoms with Crippen molar-refractivity contribution in [3.05, 3.63) is 96.0 Å². The molecule has 132 valence electrons. The van der Waals surface area contributed by atoms with Crippen LogP contribution in [-0.2, 0) is 6.54 Å². The fourth-order valence-corrected chi connectivity index (χ4v) is 2.65. The van der Waals surface area contributed by atoms with Crippen molar-refractivity contribution < 1.29 is 9.47 Å². The van der Waals surface area contributed by atoms with Crippen LogP contribution in [0.3, 0.4) is 0 Å². The van der Waals surface area contributed by atoms with Crippen LogP contribution in [0, 0.1) is 0 Å². The largest absolute Gasteiger partial charge is 0.488 e. The van der Waals surface area contributed by atoms with Crippen molar-refractivity contribution in [3.63, 3.8) is 0 Å². The molecular weight excluding hydrogens is 346 g/mol. The summed E-state index contributed by atoms with van der Waals surface area (Å²) in [5, 5.41) is 3.97. The van der Waals surface area contributed by atoms with E-state index in [0.717, 1.165) is 22.7 Å². The van der Waals surface area contributed by atoms with Gasteiger partial charge in [-0.1, -0.05) is 48.5 Å². The Labute approximate surface area is 158 Å². The third-order valence-corrected chi connectivity index (χ3v) is 3.98.